The molecule has 0 fully saturated rings. The van der Waals surface area contributed by atoms with Gasteiger partial charge in [-0.25, -0.2) is 4.98 Å². The molecule has 0 bridgehead atoms. The van der Waals surface area contributed by atoms with Crippen LogP contribution in [0.25, 0.3) is 0 Å². The van der Waals surface area contributed by atoms with E-state index < -0.39 is 0 Å². The van der Waals surface area contributed by atoms with Crippen molar-refractivity contribution in [1.82, 2.24) is 19.3 Å². The summed E-state index contributed by atoms with van der Waals surface area (Å²) >= 11 is 0. The highest BCUT2D eigenvalue weighted by Crippen LogP contribution is 2.05. The zero-order valence-corrected chi connectivity index (χ0v) is 8.71. The molecule has 0 radical (unpaired) electrons. The van der Waals surface area contributed by atoms with Crippen molar-refractivity contribution in [3.63, 3.8) is 0 Å². The van der Waals surface area contributed by atoms with Crippen molar-refractivity contribution < 1.29 is 4.79 Å². The van der Waals surface area contributed by atoms with Gasteiger partial charge in [-0.15, -0.1) is 0 Å². The second kappa shape index (κ2) is 3.68. The van der Waals surface area contributed by atoms with Gasteiger partial charge >= 0.3 is 0 Å². The highest BCUT2D eigenvalue weighted by atomic mass is 16.1. The Bertz CT molecular complexity index is 483. The highest BCUT2D eigenvalue weighted by molar-refractivity contribution is 6.05. The molecule has 0 spiro atoms. The summed E-state index contributed by atoms with van der Waals surface area (Å²) in [6.07, 6.45) is 5.16. The lowest BCUT2D eigenvalue weighted by atomic mass is 10.3. The Balaban J connectivity index is 2.36. The highest BCUT2D eigenvalue weighted by Gasteiger charge is 2.16. The monoisotopic (exact) mass is 204 g/mol. The number of rotatable bonds is 3. The second-order valence-electron chi connectivity index (χ2n) is 3.24. The first-order valence-corrected chi connectivity index (χ1v) is 4.78. The number of hydrogen-bond donors (Lipinski definition) is 0. The molecule has 0 aromatic carbocycles. The minimum atomic E-state index is -0.137. The molecule has 0 N–H and O–H groups in total. The van der Waals surface area contributed by atoms with Gasteiger partial charge in [-0.1, -0.05) is 0 Å². The van der Waals surface area contributed by atoms with Crippen molar-refractivity contribution in [3.8, 4) is 0 Å². The predicted octanol–water partition coefficient (Wildman–Crippen LogP) is 0.867. The molecule has 0 amide bonds. The van der Waals surface area contributed by atoms with Crippen LogP contribution in [0.5, 0.6) is 0 Å². The Hall–Kier alpha value is -1.91. The van der Waals surface area contributed by atoms with E-state index in [1.165, 1.54) is 0 Å². The van der Waals surface area contributed by atoms with Crippen LogP contribution in [0.1, 0.15) is 23.2 Å². The van der Waals surface area contributed by atoms with E-state index in [1.54, 1.807) is 41.0 Å². The Morgan fingerprint density at radius 3 is 2.87 bits per heavy atom. The smallest absolute Gasteiger partial charge is 0.248 e. The van der Waals surface area contributed by atoms with Gasteiger partial charge in [0.05, 0.1) is 0 Å². The second-order valence-corrected chi connectivity index (χ2v) is 3.24. The van der Waals surface area contributed by atoms with E-state index in [0.29, 0.717) is 11.5 Å². The van der Waals surface area contributed by atoms with Crippen LogP contribution < -0.4 is 0 Å². The summed E-state index contributed by atoms with van der Waals surface area (Å²) in [6.45, 7) is 2.70. The number of carbonyl (C=O) groups is 1. The maximum atomic E-state index is 11.9. The molecule has 0 atom stereocenters. The van der Waals surface area contributed by atoms with Crippen LogP contribution in [0, 0.1) is 0 Å². The summed E-state index contributed by atoms with van der Waals surface area (Å²) in [5.41, 5.74) is 0.429. The van der Waals surface area contributed by atoms with Crippen LogP contribution in [0.2, 0.25) is 0 Å². The van der Waals surface area contributed by atoms with Gasteiger partial charge < -0.3 is 4.57 Å². The molecule has 2 heterocycles. The number of ketones is 1. The van der Waals surface area contributed by atoms with Gasteiger partial charge in [-0.05, 0) is 13.0 Å². The third-order valence-corrected chi connectivity index (χ3v) is 2.21. The molecule has 5 heteroatoms. The van der Waals surface area contributed by atoms with E-state index in [-0.39, 0.29) is 5.78 Å². The number of imidazole rings is 1. The van der Waals surface area contributed by atoms with E-state index >= 15 is 0 Å². The fourth-order valence-corrected chi connectivity index (χ4v) is 1.42. The summed E-state index contributed by atoms with van der Waals surface area (Å²) < 4.78 is 3.41. The fourth-order valence-electron chi connectivity index (χ4n) is 1.42. The molecular formula is C10H12N4O. The standard InChI is InChI=1S/C10H12N4O/c1-3-14-7-5-11-10(14)9(15)8-4-6-13(2)12-8/h4-7H,3H2,1-2H3. The molecule has 78 valence electrons. The SMILES string of the molecule is CCn1ccnc1C(=O)c1ccn(C)n1. The molecule has 2 aromatic heterocycles. The van der Waals surface area contributed by atoms with Gasteiger partial charge in [0.25, 0.3) is 0 Å². The zero-order valence-electron chi connectivity index (χ0n) is 8.71. The van der Waals surface area contributed by atoms with Crippen molar-refractivity contribution in [2.24, 2.45) is 7.05 Å². The first kappa shape index (κ1) is 9.64. The summed E-state index contributed by atoms with van der Waals surface area (Å²) in [6, 6.07) is 1.69. The number of aryl methyl sites for hydroxylation is 2. The van der Waals surface area contributed by atoms with Crippen molar-refractivity contribution in [1.29, 1.82) is 0 Å². The van der Waals surface area contributed by atoms with Crippen LogP contribution >= 0.6 is 0 Å². The lowest BCUT2D eigenvalue weighted by Crippen LogP contribution is -2.11. The van der Waals surface area contributed by atoms with E-state index in [2.05, 4.69) is 10.1 Å². The summed E-state index contributed by atoms with van der Waals surface area (Å²) in [7, 11) is 1.78. The van der Waals surface area contributed by atoms with Crippen LogP contribution in [0.4, 0.5) is 0 Å². The van der Waals surface area contributed by atoms with Crippen molar-refractivity contribution in [2.75, 3.05) is 0 Å². The van der Waals surface area contributed by atoms with E-state index in [9.17, 15) is 4.79 Å². The molecule has 5 nitrogen and oxygen atoms in total. The van der Waals surface area contributed by atoms with Gasteiger partial charge in [0, 0.05) is 32.2 Å². The Labute approximate surface area is 87.4 Å². The molecule has 0 saturated heterocycles. The summed E-state index contributed by atoms with van der Waals surface area (Å²) in [5.74, 6) is 0.304. The molecule has 2 aromatic rings. The first-order valence-electron chi connectivity index (χ1n) is 4.78. The molecule has 0 aliphatic rings. The largest absolute Gasteiger partial charge is 0.328 e. The van der Waals surface area contributed by atoms with Gasteiger partial charge in [0.15, 0.2) is 5.82 Å². The molecule has 15 heavy (non-hydrogen) atoms. The van der Waals surface area contributed by atoms with Gasteiger partial charge in [-0.3, -0.25) is 9.48 Å². The molecule has 0 saturated carbocycles. The lowest BCUT2D eigenvalue weighted by molar-refractivity contribution is 0.102. The van der Waals surface area contributed by atoms with E-state index in [1.807, 2.05) is 6.92 Å². The fraction of sp³-hybridized carbons (Fsp3) is 0.300. The average molecular weight is 204 g/mol. The molecular weight excluding hydrogens is 192 g/mol. The zero-order chi connectivity index (χ0) is 10.8. The number of nitrogens with zero attached hydrogens (tertiary/aromatic N) is 4. The van der Waals surface area contributed by atoms with Gasteiger partial charge in [-0.2, -0.15) is 5.10 Å². The Kier molecular flexibility index (Phi) is 2.37. The van der Waals surface area contributed by atoms with Crippen LogP contribution in [-0.4, -0.2) is 25.1 Å². The summed E-state index contributed by atoms with van der Waals surface area (Å²) in [5, 5.41) is 4.06. The van der Waals surface area contributed by atoms with Gasteiger partial charge in [0.1, 0.15) is 5.69 Å². The van der Waals surface area contributed by atoms with Crippen molar-refractivity contribution in [3.05, 3.63) is 36.2 Å². The minimum Gasteiger partial charge on any atom is -0.328 e. The van der Waals surface area contributed by atoms with E-state index in [4.69, 9.17) is 0 Å². The molecule has 0 aliphatic heterocycles. The number of hydrogen-bond acceptors (Lipinski definition) is 3. The third kappa shape index (κ3) is 1.68. The first-order chi connectivity index (χ1) is 7.22. The minimum absolute atomic E-state index is 0.137. The topological polar surface area (TPSA) is 52.7 Å². The lowest BCUT2D eigenvalue weighted by Gasteiger charge is -2.00. The van der Waals surface area contributed by atoms with Crippen LogP contribution in [0.15, 0.2) is 24.7 Å². The predicted molar refractivity (Wildman–Crippen MR) is 54.5 cm³/mol. The van der Waals surface area contributed by atoms with Crippen LogP contribution in [0.3, 0.4) is 0 Å². The normalized spacial score (nSPS) is 10.5. The Morgan fingerprint density at radius 2 is 2.27 bits per heavy atom. The van der Waals surface area contributed by atoms with E-state index in [0.717, 1.165) is 6.54 Å². The summed E-state index contributed by atoms with van der Waals surface area (Å²) in [4.78, 5) is 16.0. The molecule has 0 unspecified atom stereocenters. The Morgan fingerprint density at radius 1 is 1.47 bits per heavy atom. The third-order valence-electron chi connectivity index (χ3n) is 2.21. The van der Waals surface area contributed by atoms with Crippen LogP contribution in [-0.2, 0) is 13.6 Å². The number of aromatic nitrogens is 4. The maximum Gasteiger partial charge on any atom is 0.248 e. The molecule has 2 rings (SSSR count). The average Bonchev–Trinajstić information content (AvgIpc) is 2.84. The quantitative estimate of drug-likeness (QED) is 0.697. The van der Waals surface area contributed by atoms with Crippen molar-refractivity contribution in [2.45, 2.75) is 13.5 Å². The molecule has 0 aliphatic carbocycles. The number of carbonyl (C=O) groups excluding carboxylic acids is 1. The van der Waals surface area contributed by atoms with Crippen molar-refractivity contribution >= 4 is 5.78 Å². The maximum absolute atomic E-state index is 11.9. The van der Waals surface area contributed by atoms with Gasteiger partial charge in [0.2, 0.25) is 5.78 Å².